The van der Waals surface area contributed by atoms with Crippen molar-refractivity contribution in [2.24, 2.45) is 11.8 Å². The number of carboxylic acid groups (broad SMARTS) is 1. The van der Waals surface area contributed by atoms with Crippen molar-refractivity contribution < 1.29 is 32.5 Å². The largest absolute Gasteiger partial charge is 0.492 e. The lowest BCUT2D eigenvalue weighted by molar-refractivity contribution is -0.150. The van der Waals surface area contributed by atoms with Crippen LogP contribution < -0.4 is 10.1 Å². The van der Waals surface area contributed by atoms with Crippen LogP contribution in [-0.4, -0.2) is 61.0 Å². The number of nitrogens with one attached hydrogen (secondary N) is 1. The minimum Gasteiger partial charge on any atom is -0.492 e. The molecule has 1 aliphatic heterocycles. The van der Waals surface area contributed by atoms with E-state index in [-0.39, 0.29) is 24.8 Å². The average Bonchev–Trinajstić information content (AvgIpc) is 3.27. The summed E-state index contributed by atoms with van der Waals surface area (Å²) in [6, 6.07) is 13.3. The molecular formula is C26H33Cl2F3N2O4. The van der Waals surface area contributed by atoms with E-state index in [1.807, 2.05) is 24.3 Å². The van der Waals surface area contributed by atoms with E-state index in [9.17, 15) is 23.1 Å². The van der Waals surface area contributed by atoms with Crippen molar-refractivity contribution in [2.45, 2.75) is 38.2 Å². The zero-order valence-electron chi connectivity index (χ0n) is 20.4. The molecule has 1 saturated heterocycles. The Morgan fingerprint density at radius 1 is 1.05 bits per heavy atom. The first kappa shape index (κ1) is 31.2. The van der Waals surface area contributed by atoms with E-state index in [0.717, 1.165) is 48.6 Å². The van der Waals surface area contributed by atoms with E-state index in [1.54, 1.807) is 19.1 Å². The van der Waals surface area contributed by atoms with Gasteiger partial charge in [0, 0.05) is 45.2 Å². The number of halogens is 5. The fourth-order valence-corrected chi connectivity index (χ4v) is 4.85. The maximum atomic E-state index is 12.7. The monoisotopic (exact) mass is 564 g/mol. The molecule has 0 bridgehead atoms. The molecule has 0 radical (unpaired) electrons. The third-order valence-electron chi connectivity index (χ3n) is 6.70. The Morgan fingerprint density at radius 2 is 1.65 bits per heavy atom. The van der Waals surface area contributed by atoms with Crippen LogP contribution in [0, 0.1) is 11.8 Å². The quantitative estimate of drug-likeness (QED) is 0.365. The Balaban J connectivity index is 0.00000241. The van der Waals surface area contributed by atoms with Crippen molar-refractivity contribution in [1.29, 1.82) is 0 Å². The molecule has 2 unspecified atom stereocenters. The van der Waals surface area contributed by atoms with Gasteiger partial charge in [-0.1, -0.05) is 24.3 Å². The van der Waals surface area contributed by atoms with E-state index in [2.05, 4.69) is 10.2 Å². The molecule has 4 rings (SSSR count). The standard InChI is InChI=1S/C26H31F3N2O4.2ClH/c1-2-34-23(25(32)33)13-17-5-9-20(10-6-17)35-12-11-30-24-21-15-31(16-22(21)24)14-18-3-7-19(8-4-18)26(27,28)29;;/h3-10,21-24,30H,2,11-16H2,1H3,(H,32,33);2*1H/t21-,22?,23+,24?;;/m0../s1. The number of alkyl halides is 3. The van der Waals surface area contributed by atoms with E-state index in [1.165, 1.54) is 0 Å². The van der Waals surface area contributed by atoms with Gasteiger partial charge < -0.3 is 19.9 Å². The van der Waals surface area contributed by atoms with Gasteiger partial charge in [0.2, 0.25) is 0 Å². The summed E-state index contributed by atoms with van der Waals surface area (Å²) in [5.41, 5.74) is 1.17. The molecule has 2 aliphatic rings. The molecule has 1 saturated carbocycles. The molecule has 0 spiro atoms. The lowest BCUT2D eigenvalue weighted by atomic mass is 10.1. The molecule has 11 heteroatoms. The molecule has 2 aromatic rings. The second-order valence-electron chi connectivity index (χ2n) is 9.18. The van der Waals surface area contributed by atoms with Crippen molar-refractivity contribution in [3.05, 3.63) is 65.2 Å². The number of hydrogen-bond donors (Lipinski definition) is 2. The number of rotatable bonds is 12. The van der Waals surface area contributed by atoms with Gasteiger partial charge in [-0.3, -0.25) is 4.90 Å². The molecule has 6 nitrogen and oxygen atoms in total. The highest BCUT2D eigenvalue weighted by Gasteiger charge is 2.55. The minimum atomic E-state index is -4.30. The number of ether oxygens (including phenoxy) is 2. The summed E-state index contributed by atoms with van der Waals surface area (Å²) in [7, 11) is 0. The number of aliphatic carboxylic acids is 1. The number of nitrogens with zero attached hydrogens (tertiary/aromatic N) is 1. The first-order chi connectivity index (χ1) is 16.7. The summed E-state index contributed by atoms with van der Waals surface area (Å²) >= 11 is 0. The van der Waals surface area contributed by atoms with Crippen molar-refractivity contribution in [2.75, 3.05) is 32.8 Å². The van der Waals surface area contributed by atoms with Gasteiger partial charge in [-0.2, -0.15) is 13.2 Å². The van der Waals surface area contributed by atoms with Gasteiger partial charge >= 0.3 is 12.1 Å². The molecule has 0 amide bonds. The molecule has 2 aromatic carbocycles. The Morgan fingerprint density at radius 3 is 2.19 bits per heavy atom. The predicted molar refractivity (Wildman–Crippen MR) is 139 cm³/mol. The van der Waals surface area contributed by atoms with Crippen LogP contribution in [0.2, 0.25) is 0 Å². The van der Waals surface area contributed by atoms with Crippen molar-refractivity contribution in [3.63, 3.8) is 0 Å². The SMILES string of the molecule is CCO[C@H](Cc1ccc(OCCNC2C3CN(Cc4ccc(C(F)(F)F)cc4)C[C@@H]32)cc1)C(=O)O.Cl.Cl. The van der Waals surface area contributed by atoms with Gasteiger partial charge in [-0.15, -0.1) is 24.8 Å². The van der Waals surface area contributed by atoms with Crippen LogP contribution in [-0.2, 0) is 28.7 Å². The van der Waals surface area contributed by atoms with Gasteiger partial charge in [0.25, 0.3) is 0 Å². The maximum absolute atomic E-state index is 12.7. The average molecular weight is 565 g/mol. The Bertz CT molecular complexity index is 981. The zero-order valence-corrected chi connectivity index (χ0v) is 22.1. The van der Waals surface area contributed by atoms with E-state index in [0.29, 0.717) is 44.1 Å². The Kier molecular flexibility index (Phi) is 11.5. The van der Waals surface area contributed by atoms with Gasteiger partial charge in [-0.05, 0) is 54.2 Å². The summed E-state index contributed by atoms with van der Waals surface area (Å²) in [4.78, 5) is 13.5. The predicted octanol–water partition coefficient (Wildman–Crippen LogP) is 4.68. The van der Waals surface area contributed by atoms with E-state index in [4.69, 9.17) is 9.47 Å². The summed E-state index contributed by atoms with van der Waals surface area (Å²) in [6.07, 6.45) is -4.83. The second kappa shape index (κ2) is 13.7. The molecule has 0 aromatic heterocycles. The summed E-state index contributed by atoms with van der Waals surface area (Å²) < 4.78 is 49.2. The summed E-state index contributed by atoms with van der Waals surface area (Å²) in [6.45, 7) is 5.95. The lowest BCUT2D eigenvalue weighted by Gasteiger charge is -2.20. The highest BCUT2D eigenvalue weighted by Crippen LogP contribution is 2.45. The molecule has 206 valence electrons. The molecule has 4 atom stereocenters. The van der Waals surface area contributed by atoms with Crippen molar-refractivity contribution in [1.82, 2.24) is 10.2 Å². The highest BCUT2D eigenvalue weighted by atomic mass is 35.5. The number of carboxylic acids is 1. The van der Waals surface area contributed by atoms with Gasteiger partial charge in [-0.25, -0.2) is 4.79 Å². The second-order valence-corrected chi connectivity index (χ2v) is 9.18. The van der Waals surface area contributed by atoms with Crippen LogP contribution in [0.5, 0.6) is 5.75 Å². The number of benzene rings is 2. The molecular weight excluding hydrogens is 532 g/mol. The van der Waals surface area contributed by atoms with Crippen LogP contribution in [0.1, 0.15) is 23.6 Å². The number of hydrogen-bond acceptors (Lipinski definition) is 5. The molecule has 2 N–H and O–H groups in total. The molecule has 1 aliphatic carbocycles. The zero-order chi connectivity index (χ0) is 25.0. The normalized spacial score (nSPS) is 21.4. The van der Waals surface area contributed by atoms with E-state index >= 15 is 0 Å². The summed E-state index contributed by atoms with van der Waals surface area (Å²) in [5.74, 6) is 0.927. The first-order valence-electron chi connectivity index (χ1n) is 11.9. The van der Waals surface area contributed by atoms with Crippen LogP contribution in [0.25, 0.3) is 0 Å². The number of piperidine rings is 1. The topological polar surface area (TPSA) is 71.0 Å². The summed E-state index contributed by atoms with van der Waals surface area (Å²) in [5, 5.41) is 12.7. The molecule has 37 heavy (non-hydrogen) atoms. The number of likely N-dealkylation sites (tertiary alicyclic amines) is 1. The number of fused-ring (bicyclic) bond motifs is 1. The fraction of sp³-hybridized carbons (Fsp3) is 0.500. The Labute approximate surface area is 227 Å². The van der Waals surface area contributed by atoms with Crippen LogP contribution in [0.4, 0.5) is 13.2 Å². The highest BCUT2D eigenvalue weighted by molar-refractivity contribution is 5.85. The molecule has 2 fully saturated rings. The smallest absolute Gasteiger partial charge is 0.416 e. The Hall–Kier alpha value is -2.04. The van der Waals surface area contributed by atoms with Gasteiger partial charge in [0.1, 0.15) is 12.4 Å². The third kappa shape index (κ3) is 8.48. The minimum absolute atomic E-state index is 0. The van der Waals surface area contributed by atoms with Gasteiger partial charge in [0.15, 0.2) is 6.10 Å². The van der Waals surface area contributed by atoms with Gasteiger partial charge in [0.05, 0.1) is 5.56 Å². The fourth-order valence-electron chi connectivity index (χ4n) is 4.85. The number of carbonyl (C=O) groups is 1. The van der Waals surface area contributed by atoms with Crippen LogP contribution in [0.15, 0.2) is 48.5 Å². The lowest BCUT2D eigenvalue weighted by Crippen LogP contribution is -2.33. The van der Waals surface area contributed by atoms with Crippen LogP contribution >= 0.6 is 24.8 Å². The van der Waals surface area contributed by atoms with Crippen molar-refractivity contribution >= 4 is 30.8 Å². The molecule has 1 heterocycles. The maximum Gasteiger partial charge on any atom is 0.416 e. The van der Waals surface area contributed by atoms with E-state index < -0.39 is 23.8 Å². The van der Waals surface area contributed by atoms with Crippen molar-refractivity contribution in [3.8, 4) is 5.75 Å². The van der Waals surface area contributed by atoms with Crippen LogP contribution in [0.3, 0.4) is 0 Å². The third-order valence-corrected chi connectivity index (χ3v) is 6.70. The first-order valence-corrected chi connectivity index (χ1v) is 11.9.